The van der Waals surface area contributed by atoms with Gasteiger partial charge in [0.1, 0.15) is 17.3 Å². The van der Waals surface area contributed by atoms with Crippen LogP contribution in [-0.4, -0.2) is 25.1 Å². The number of fused-ring (bicyclic) bond motifs is 1. The first kappa shape index (κ1) is 18.1. The third-order valence-corrected chi connectivity index (χ3v) is 5.33. The normalized spacial score (nSPS) is 10.8. The number of rotatable bonds is 6. The summed E-state index contributed by atoms with van der Waals surface area (Å²) in [6.07, 6.45) is 1.59. The summed E-state index contributed by atoms with van der Waals surface area (Å²) in [5.41, 5.74) is 1.36. The summed E-state index contributed by atoms with van der Waals surface area (Å²) in [7, 11) is 3.22. The molecule has 7 heteroatoms. The molecule has 0 saturated carbocycles. The topological polar surface area (TPSA) is 64.8 Å². The quantitative estimate of drug-likeness (QED) is 0.472. The van der Waals surface area contributed by atoms with E-state index in [1.165, 1.54) is 11.3 Å². The van der Waals surface area contributed by atoms with Crippen molar-refractivity contribution in [3.05, 3.63) is 72.2 Å². The van der Waals surface area contributed by atoms with E-state index in [2.05, 4.69) is 4.98 Å². The van der Waals surface area contributed by atoms with Gasteiger partial charge in [-0.05, 0) is 54.6 Å². The number of hydrogen-bond donors (Lipinski definition) is 0. The van der Waals surface area contributed by atoms with Crippen LogP contribution in [0.3, 0.4) is 0 Å². The highest BCUT2D eigenvalue weighted by Crippen LogP contribution is 2.33. The fraction of sp³-hybridized carbons (Fsp3) is 0.143. The van der Waals surface area contributed by atoms with Crippen molar-refractivity contribution in [2.45, 2.75) is 6.54 Å². The predicted octanol–water partition coefficient (Wildman–Crippen LogP) is 4.75. The molecule has 0 aliphatic heterocycles. The second kappa shape index (κ2) is 7.74. The van der Waals surface area contributed by atoms with Crippen molar-refractivity contribution in [1.82, 2.24) is 4.98 Å². The number of thiazole rings is 1. The number of anilines is 1. The van der Waals surface area contributed by atoms with Crippen molar-refractivity contribution in [1.29, 1.82) is 0 Å². The highest BCUT2D eigenvalue weighted by molar-refractivity contribution is 7.22. The molecule has 0 aliphatic carbocycles. The molecule has 1 amide bonds. The summed E-state index contributed by atoms with van der Waals surface area (Å²) in [5.74, 6) is 1.96. The van der Waals surface area contributed by atoms with Gasteiger partial charge in [0.05, 0.1) is 37.2 Å². The molecule has 0 bridgehead atoms. The fourth-order valence-corrected chi connectivity index (χ4v) is 3.80. The van der Waals surface area contributed by atoms with Crippen molar-refractivity contribution in [3.63, 3.8) is 0 Å². The first-order chi connectivity index (χ1) is 13.7. The van der Waals surface area contributed by atoms with Gasteiger partial charge in [0.15, 0.2) is 5.13 Å². The summed E-state index contributed by atoms with van der Waals surface area (Å²) in [4.78, 5) is 19.5. The summed E-state index contributed by atoms with van der Waals surface area (Å²) >= 11 is 1.44. The van der Waals surface area contributed by atoms with Gasteiger partial charge in [0.2, 0.25) is 0 Å². The molecule has 0 radical (unpaired) electrons. The number of hydrogen-bond acceptors (Lipinski definition) is 6. The zero-order valence-corrected chi connectivity index (χ0v) is 16.2. The smallest absolute Gasteiger partial charge is 0.260 e. The summed E-state index contributed by atoms with van der Waals surface area (Å²) < 4.78 is 16.9. The van der Waals surface area contributed by atoms with E-state index in [1.54, 1.807) is 55.7 Å². The van der Waals surface area contributed by atoms with E-state index in [0.29, 0.717) is 22.2 Å². The van der Waals surface area contributed by atoms with Crippen molar-refractivity contribution in [2.24, 2.45) is 0 Å². The molecule has 2 aromatic heterocycles. The van der Waals surface area contributed by atoms with E-state index in [-0.39, 0.29) is 12.5 Å². The molecule has 6 nitrogen and oxygen atoms in total. The molecule has 0 spiro atoms. The second-order valence-corrected chi connectivity index (χ2v) is 7.04. The summed E-state index contributed by atoms with van der Waals surface area (Å²) in [5, 5.41) is 0.598. The van der Waals surface area contributed by atoms with Gasteiger partial charge in [-0.1, -0.05) is 11.3 Å². The third kappa shape index (κ3) is 3.57. The van der Waals surface area contributed by atoms with Crippen LogP contribution in [0.5, 0.6) is 11.5 Å². The highest BCUT2D eigenvalue weighted by atomic mass is 32.1. The molecule has 0 atom stereocenters. The molecule has 4 rings (SSSR count). The van der Waals surface area contributed by atoms with Crippen LogP contribution in [-0.2, 0) is 6.54 Å². The molecule has 0 unspecified atom stereocenters. The van der Waals surface area contributed by atoms with Gasteiger partial charge in [-0.15, -0.1) is 0 Å². The third-order valence-electron chi connectivity index (χ3n) is 4.29. The highest BCUT2D eigenvalue weighted by Gasteiger charge is 2.23. The Labute approximate surface area is 165 Å². The van der Waals surface area contributed by atoms with Crippen LogP contribution in [0.4, 0.5) is 5.13 Å². The molecule has 0 aliphatic rings. The molecule has 4 aromatic rings. The molecule has 2 heterocycles. The molecule has 2 aromatic carbocycles. The van der Waals surface area contributed by atoms with Crippen LogP contribution in [0.25, 0.3) is 10.2 Å². The lowest BCUT2D eigenvalue weighted by Gasteiger charge is -2.19. The van der Waals surface area contributed by atoms with Gasteiger partial charge in [-0.2, -0.15) is 0 Å². The molecule has 142 valence electrons. The number of ether oxygens (including phenoxy) is 2. The van der Waals surface area contributed by atoms with Crippen molar-refractivity contribution < 1.29 is 18.7 Å². The average Bonchev–Trinajstić information content (AvgIpc) is 3.40. The Bertz CT molecular complexity index is 1090. The van der Waals surface area contributed by atoms with Gasteiger partial charge < -0.3 is 13.9 Å². The van der Waals surface area contributed by atoms with Crippen LogP contribution in [0.15, 0.2) is 65.3 Å². The molecular formula is C21H18N2O4S. The zero-order chi connectivity index (χ0) is 19.5. The van der Waals surface area contributed by atoms with Crippen LogP contribution in [0.2, 0.25) is 0 Å². The summed E-state index contributed by atoms with van der Waals surface area (Å²) in [6, 6.07) is 16.3. The number of aromatic nitrogens is 1. The summed E-state index contributed by atoms with van der Waals surface area (Å²) in [6.45, 7) is 0.287. The SMILES string of the molecule is COc1ccc(C(=O)N(Cc2ccco2)c2nc3ccc(OC)cc3s2)cc1. The van der Waals surface area contributed by atoms with Crippen LogP contribution < -0.4 is 14.4 Å². The number of furan rings is 1. The molecular weight excluding hydrogens is 376 g/mol. The molecule has 28 heavy (non-hydrogen) atoms. The van der Waals surface area contributed by atoms with Crippen LogP contribution in [0, 0.1) is 0 Å². The lowest BCUT2D eigenvalue weighted by Crippen LogP contribution is -2.30. The van der Waals surface area contributed by atoms with Gasteiger partial charge >= 0.3 is 0 Å². The Balaban J connectivity index is 1.73. The maximum Gasteiger partial charge on any atom is 0.260 e. The van der Waals surface area contributed by atoms with E-state index >= 15 is 0 Å². The van der Waals surface area contributed by atoms with E-state index in [4.69, 9.17) is 13.9 Å². The lowest BCUT2D eigenvalue weighted by molar-refractivity contribution is 0.0983. The minimum atomic E-state index is -0.162. The molecule has 0 fully saturated rings. The molecule has 0 N–H and O–H groups in total. The molecule has 0 saturated heterocycles. The number of methoxy groups -OCH3 is 2. The Hall–Kier alpha value is -3.32. The minimum Gasteiger partial charge on any atom is -0.497 e. The fourth-order valence-electron chi connectivity index (χ4n) is 2.81. The van der Waals surface area contributed by atoms with Crippen LogP contribution in [0.1, 0.15) is 16.1 Å². The van der Waals surface area contributed by atoms with Gasteiger partial charge in [-0.3, -0.25) is 9.69 Å². The van der Waals surface area contributed by atoms with Gasteiger partial charge in [0, 0.05) is 5.56 Å². The Morgan fingerprint density at radius 3 is 2.50 bits per heavy atom. The number of amides is 1. The zero-order valence-electron chi connectivity index (χ0n) is 15.4. The number of benzene rings is 2. The number of carbonyl (C=O) groups excluding carboxylic acids is 1. The predicted molar refractivity (Wildman–Crippen MR) is 108 cm³/mol. The van der Waals surface area contributed by atoms with E-state index in [0.717, 1.165) is 16.0 Å². The second-order valence-electron chi connectivity index (χ2n) is 6.03. The van der Waals surface area contributed by atoms with Crippen molar-refractivity contribution >= 4 is 32.6 Å². The number of carbonyl (C=O) groups is 1. The standard InChI is InChI=1S/C21H18N2O4S/c1-25-15-7-5-14(6-8-15)20(24)23(13-17-4-3-11-27-17)21-22-18-10-9-16(26-2)12-19(18)28-21/h3-12H,13H2,1-2H3. The van der Waals surface area contributed by atoms with Gasteiger partial charge in [0.25, 0.3) is 5.91 Å². The van der Waals surface area contributed by atoms with Gasteiger partial charge in [-0.25, -0.2) is 4.98 Å². The number of nitrogens with zero attached hydrogens (tertiary/aromatic N) is 2. The van der Waals surface area contributed by atoms with E-state index < -0.39 is 0 Å². The van der Waals surface area contributed by atoms with Crippen LogP contribution >= 0.6 is 11.3 Å². The largest absolute Gasteiger partial charge is 0.497 e. The van der Waals surface area contributed by atoms with E-state index in [9.17, 15) is 4.79 Å². The first-order valence-corrected chi connectivity index (χ1v) is 9.42. The Morgan fingerprint density at radius 1 is 1.07 bits per heavy atom. The minimum absolute atomic E-state index is 0.162. The Kier molecular flexibility index (Phi) is 4.99. The van der Waals surface area contributed by atoms with Crippen molar-refractivity contribution in [3.8, 4) is 11.5 Å². The maximum atomic E-state index is 13.3. The van der Waals surface area contributed by atoms with Crippen molar-refractivity contribution in [2.75, 3.05) is 19.1 Å². The first-order valence-electron chi connectivity index (χ1n) is 8.61. The maximum absolute atomic E-state index is 13.3. The Morgan fingerprint density at radius 2 is 1.82 bits per heavy atom. The monoisotopic (exact) mass is 394 g/mol. The van der Waals surface area contributed by atoms with E-state index in [1.807, 2.05) is 24.3 Å². The lowest BCUT2D eigenvalue weighted by atomic mass is 10.2. The average molecular weight is 394 g/mol.